The van der Waals surface area contributed by atoms with Crippen molar-refractivity contribution in [3.05, 3.63) is 24.0 Å². The van der Waals surface area contributed by atoms with Gasteiger partial charge in [0.25, 0.3) is 0 Å². The van der Waals surface area contributed by atoms with Crippen LogP contribution in [0.2, 0.25) is 0 Å². The van der Waals surface area contributed by atoms with Gasteiger partial charge < -0.3 is 9.88 Å². The van der Waals surface area contributed by atoms with Crippen LogP contribution >= 0.6 is 0 Å². The van der Waals surface area contributed by atoms with Crippen molar-refractivity contribution >= 4 is 28.7 Å². The van der Waals surface area contributed by atoms with Crippen LogP contribution in [0, 0.1) is 6.92 Å². The van der Waals surface area contributed by atoms with Crippen molar-refractivity contribution in [2.45, 2.75) is 25.8 Å². The molecule has 3 amide bonds. The first-order chi connectivity index (χ1) is 11.1. The third kappa shape index (κ3) is 2.37. The molecule has 7 nitrogen and oxygen atoms in total. The van der Waals surface area contributed by atoms with Crippen LogP contribution in [0.3, 0.4) is 0 Å². The monoisotopic (exact) mass is 313 g/mol. The van der Waals surface area contributed by atoms with Crippen molar-refractivity contribution < 1.29 is 9.59 Å². The minimum Gasteiger partial charge on any atom is -0.328 e. The van der Waals surface area contributed by atoms with Crippen molar-refractivity contribution in [2.75, 3.05) is 24.5 Å². The van der Waals surface area contributed by atoms with E-state index in [1.807, 2.05) is 6.07 Å². The molecular formula is C16H19N5O2. The lowest BCUT2D eigenvalue weighted by atomic mass is 10.2. The van der Waals surface area contributed by atoms with E-state index in [0.29, 0.717) is 19.0 Å². The maximum Gasteiger partial charge on any atom is 0.328 e. The zero-order valence-corrected chi connectivity index (χ0v) is 13.0. The lowest BCUT2D eigenvalue weighted by molar-refractivity contribution is -0.120. The first-order valence-corrected chi connectivity index (χ1v) is 7.93. The second kappa shape index (κ2) is 5.34. The summed E-state index contributed by atoms with van der Waals surface area (Å²) < 4.78 is 2.23. The highest BCUT2D eigenvalue weighted by Crippen LogP contribution is 2.29. The van der Waals surface area contributed by atoms with E-state index in [0.717, 1.165) is 41.8 Å². The molecule has 4 heterocycles. The van der Waals surface area contributed by atoms with Crippen molar-refractivity contribution in [3.8, 4) is 0 Å². The van der Waals surface area contributed by atoms with Gasteiger partial charge in [-0.2, -0.15) is 0 Å². The van der Waals surface area contributed by atoms with E-state index in [2.05, 4.69) is 33.3 Å². The number of aryl methyl sites for hydroxylation is 1. The molecule has 0 aromatic carbocycles. The maximum absolute atomic E-state index is 12.0. The molecule has 7 heteroatoms. The number of hydrogen-bond donors (Lipinski definition) is 2. The van der Waals surface area contributed by atoms with Gasteiger partial charge in [0.2, 0.25) is 5.91 Å². The molecule has 1 atom stereocenters. The topological polar surface area (TPSA) is 79.3 Å². The number of amides is 3. The van der Waals surface area contributed by atoms with E-state index in [4.69, 9.17) is 0 Å². The summed E-state index contributed by atoms with van der Waals surface area (Å²) in [6, 6.07) is 2.05. The van der Waals surface area contributed by atoms with Gasteiger partial charge in [-0.25, -0.2) is 9.78 Å². The fraction of sp³-hybridized carbons (Fsp3) is 0.438. The van der Waals surface area contributed by atoms with Crippen LogP contribution in [0.1, 0.15) is 24.4 Å². The van der Waals surface area contributed by atoms with Gasteiger partial charge in [-0.05, 0) is 31.5 Å². The van der Waals surface area contributed by atoms with E-state index in [1.54, 1.807) is 11.1 Å². The highest BCUT2D eigenvalue weighted by molar-refractivity contribution is 6.06. The number of carbonyl (C=O) groups excluding carboxylic acids is 2. The summed E-state index contributed by atoms with van der Waals surface area (Å²) in [5.74, 6) is -0.226. The van der Waals surface area contributed by atoms with Gasteiger partial charge in [0.05, 0.1) is 11.9 Å². The Hall–Kier alpha value is -2.41. The third-order valence-electron chi connectivity index (χ3n) is 4.65. The first kappa shape index (κ1) is 14.2. The lowest BCUT2D eigenvalue weighted by Crippen LogP contribution is -2.49. The van der Waals surface area contributed by atoms with Crippen LogP contribution in [0.4, 0.5) is 10.5 Å². The largest absolute Gasteiger partial charge is 0.328 e. The molecule has 2 saturated heterocycles. The van der Waals surface area contributed by atoms with Crippen molar-refractivity contribution in [2.24, 2.45) is 0 Å². The number of nitrogens with zero attached hydrogens (tertiary/aromatic N) is 3. The average Bonchev–Trinajstić information content (AvgIpc) is 3.15. The van der Waals surface area contributed by atoms with Gasteiger partial charge in [-0.3, -0.25) is 15.0 Å². The lowest BCUT2D eigenvalue weighted by Gasteiger charge is -2.26. The van der Waals surface area contributed by atoms with Crippen molar-refractivity contribution in [1.82, 2.24) is 20.2 Å². The number of pyridine rings is 1. The fourth-order valence-corrected chi connectivity index (χ4v) is 3.40. The Bertz CT molecular complexity index is 791. The normalized spacial score (nSPS) is 22.0. The van der Waals surface area contributed by atoms with E-state index >= 15 is 0 Å². The summed E-state index contributed by atoms with van der Waals surface area (Å²) in [4.78, 5) is 29.5. The number of fused-ring (bicyclic) bond motifs is 1. The molecule has 0 saturated carbocycles. The number of nitrogens with one attached hydrogen (secondary N) is 2. The molecule has 2 aromatic rings. The molecule has 2 aromatic heterocycles. The molecule has 2 aliphatic heterocycles. The Morgan fingerprint density at radius 2 is 2.22 bits per heavy atom. The van der Waals surface area contributed by atoms with Crippen LogP contribution < -0.4 is 15.5 Å². The molecule has 2 fully saturated rings. The van der Waals surface area contributed by atoms with E-state index < -0.39 is 0 Å². The molecule has 0 radical (unpaired) electrons. The SMILES string of the molecule is Cc1cn(C2CCNC2)c2ncc(N3CCC(=O)NC3=O)cc12. The molecule has 23 heavy (non-hydrogen) atoms. The van der Waals surface area contributed by atoms with Crippen LogP contribution in [0.15, 0.2) is 18.5 Å². The fourth-order valence-electron chi connectivity index (χ4n) is 3.40. The number of rotatable bonds is 2. The molecule has 0 aliphatic carbocycles. The first-order valence-electron chi connectivity index (χ1n) is 7.93. The molecule has 120 valence electrons. The summed E-state index contributed by atoms with van der Waals surface area (Å²) in [6.07, 6.45) is 5.27. The summed E-state index contributed by atoms with van der Waals surface area (Å²) in [6.45, 7) is 4.45. The maximum atomic E-state index is 12.0. The van der Waals surface area contributed by atoms with Crippen molar-refractivity contribution in [1.29, 1.82) is 0 Å². The molecule has 0 bridgehead atoms. The van der Waals surface area contributed by atoms with Crippen LogP contribution in [-0.2, 0) is 4.79 Å². The average molecular weight is 313 g/mol. The third-order valence-corrected chi connectivity index (χ3v) is 4.65. The van der Waals surface area contributed by atoms with Crippen LogP contribution in [0.25, 0.3) is 11.0 Å². The van der Waals surface area contributed by atoms with Crippen molar-refractivity contribution in [3.63, 3.8) is 0 Å². The molecule has 2 N–H and O–H groups in total. The van der Waals surface area contributed by atoms with Crippen LogP contribution in [-0.4, -0.2) is 41.1 Å². The second-order valence-electron chi connectivity index (χ2n) is 6.19. The van der Waals surface area contributed by atoms with E-state index in [1.165, 1.54) is 0 Å². The van der Waals surface area contributed by atoms with E-state index in [-0.39, 0.29) is 11.9 Å². The molecule has 0 spiro atoms. The Morgan fingerprint density at radius 1 is 1.35 bits per heavy atom. The molecular weight excluding hydrogens is 294 g/mol. The number of urea groups is 1. The van der Waals surface area contributed by atoms with Gasteiger partial charge in [-0.15, -0.1) is 0 Å². The predicted molar refractivity (Wildman–Crippen MR) is 86.5 cm³/mol. The van der Waals surface area contributed by atoms with E-state index in [9.17, 15) is 9.59 Å². The highest BCUT2D eigenvalue weighted by Gasteiger charge is 2.26. The summed E-state index contributed by atoms with van der Waals surface area (Å²) in [7, 11) is 0. The summed E-state index contributed by atoms with van der Waals surface area (Å²) in [5.41, 5.74) is 2.83. The Balaban J connectivity index is 1.72. The Morgan fingerprint density at radius 3 is 2.96 bits per heavy atom. The highest BCUT2D eigenvalue weighted by atomic mass is 16.2. The van der Waals surface area contributed by atoms with Gasteiger partial charge in [0, 0.05) is 37.1 Å². The molecule has 1 unspecified atom stereocenters. The Labute approximate surface area is 133 Å². The quantitative estimate of drug-likeness (QED) is 0.876. The number of anilines is 1. The van der Waals surface area contributed by atoms with Gasteiger partial charge >= 0.3 is 6.03 Å². The number of imide groups is 1. The smallest absolute Gasteiger partial charge is 0.328 e. The number of hydrogen-bond acceptors (Lipinski definition) is 4. The van der Waals surface area contributed by atoms with Gasteiger partial charge in [0.15, 0.2) is 0 Å². The zero-order chi connectivity index (χ0) is 16.0. The zero-order valence-electron chi connectivity index (χ0n) is 13.0. The molecule has 2 aliphatic rings. The minimum atomic E-state index is -0.375. The van der Waals surface area contributed by atoms with Gasteiger partial charge in [0.1, 0.15) is 5.65 Å². The predicted octanol–water partition coefficient (Wildman–Crippen LogP) is 1.33. The summed E-state index contributed by atoms with van der Waals surface area (Å²) >= 11 is 0. The number of aromatic nitrogens is 2. The Kier molecular flexibility index (Phi) is 3.30. The molecule has 4 rings (SSSR count). The number of carbonyl (C=O) groups is 2. The summed E-state index contributed by atoms with van der Waals surface area (Å²) in [5, 5.41) is 6.78. The van der Waals surface area contributed by atoms with Gasteiger partial charge in [-0.1, -0.05) is 0 Å². The second-order valence-corrected chi connectivity index (χ2v) is 6.19. The van der Waals surface area contributed by atoms with Crippen LogP contribution in [0.5, 0.6) is 0 Å². The minimum absolute atomic E-state index is 0.226. The standard InChI is InChI=1S/C16H19N5O2/c1-10-9-21(11-2-4-17-7-11)15-13(10)6-12(8-18-15)20-5-3-14(22)19-16(20)23/h6,8-9,11,17H,2-5,7H2,1H3,(H,19,22,23).